The van der Waals surface area contributed by atoms with Gasteiger partial charge in [0, 0.05) is 32.3 Å². The molecule has 2 rings (SSSR count). The molecule has 22 heavy (non-hydrogen) atoms. The Morgan fingerprint density at radius 3 is 2.64 bits per heavy atom. The minimum absolute atomic E-state index is 0.0107. The molecule has 0 saturated heterocycles. The Balaban J connectivity index is 2.39. The summed E-state index contributed by atoms with van der Waals surface area (Å²) >= 11 is 5.87. The van der Waals surface area contributed by atoms with Crippen LogP contribution in [-0.4, -0.2) is 24.1 Å². The van der Waals surface area contributed by atoms with Crippen LogP contribution in [-0.2, 0) is 21.9 Å². The fraction of sp³-hybridized carbons (Fsp3) is 0.167. The Bertz CT molecular complexity index is 835. The lowest BCUT2D eigenvalue weighted by molar-refractivity contribution is -0.114. The number of carbonyl (C=O) groups excluding carboxylic acids is 1. The number of nitrogens with one attached hydrogen (secondary N) is 2. The fourth-order valence-electron chi connectivity index (χ4n) is 1.68. The van der Waals surface area contributed by atoms with Crippen LogP contribution in [0, 0.1) is 5.82 Å². The molecular formula is C12H12ClFN4O3S. The number of sulfonamides is 1. The molecule has 0 unspecified atom stereocenters. The van der Waals surface area contributed by atoms with Gasteiger partial charge in [-0.3, -0.25) is 14.2 Å². The summed E-state index contributed by atoms with van der Waals surface area (Å²) in [5.74, 6) is -1.45. The minimum atomic E-state index is -4.20. The predicted octanol–water partition coefficient (Wildman–Crippen LogP) is 1.97. The first-order chi connectivity index (χ1) is 10.2. The molecule has 10 heteroatoms. The third-order valence-corrected chi connectivity index (χ3v) is 4.26. The fourth-order valence-corrected chi connectivity index (χ4v) is 3.04. The van der Waals surface area contributed by atoms with E-state index in [1.54, 1.807) is 7.05 Å². The molecule has 7 nitrogen and oxygen atoms in total. The van der Waals surface area contributed by atoms with Crippen molar-refractivity contribution in [2.24, 2.45) is 7.05 Å². The molecule has 0 bridgehead atoms. The third kappa shape index (κ3) is 3.55. The van der Waals surface area contributed by atoms with Crippen molar-refractivity contribution < 1.29 is 17.6 Å². The first-order valence-corrected chi connectivity index (χ1v) is 7.84. The van der Waals surface area contributed by atoms with Crippen LogP contribution in [0.5, 0.6) is 0 Å². The lowest BCUT2D eigenvalue weighted by atomic mass is 10.3. The summed E-state index contributed by atoms with van der Waals surface area (Å²) in [4.78, 5) is 10.3. The Kier molecular flexibility index (Phi) is 4.38. The molecule has 0 saturated carbocycles. The van der Waals surface area contributed by atoms with Crippen LogP contribution in [0.2, 0.25) is 5.02 Å². The molecule has 0 aliphatic heterocycles. The third-order valence-electron chi connectivity index (χ3n) is 2.57. The van der Waals surface area contributed by atoms with Crippen LogP contribution in [0.4, 0.5) is 15.9 Å². The summed E-state index contributed by atoms with van der Waals surface area (Å²) in [6, 6.07) is 3.19. The number of amides is 1. The van der Waals surface area contributed by atoms with Crippen LogP contribution in [0.25, 0.3) is 0 Å². The predicted molar refractivity (Wildman–Crippen MR) is 79.7 cm³/mol. The molecule has 0 spiro atoms. The number of benzene rings is 1. The maximum Gasteiger partial charge on any atom is 0.266 e. The molecule has 0 aliphatic carbocycles. The van der Waals surface area contributed by atoms with Crippen molar-refractivity contribution >= 4 is 39.0 Å². The van der Waals surface area contributed by atoms with Crippen LogP contribution in [0.3, 0.4) is 0 Å². The molecule has 1 amide bonds. The highest BCUT2D eigenvalue weighted by atomic mass is 35.5. The maximum absolute atomic E-state index is 14.0. The van der Waals surface area contributed by atoms with Gasteiger partial charge in [-0.1, -0.05) is 11.6 Å². The molecule has 118 valence electrons. The molecule has 0 aliphatic rings. The SMILES string of the molecule is CC(=O)Nc1cc(F)c(S(=O)(=O)Nc2ccn(C)n2)cc1Cl. The van der Waals surface area contributed by atoms with E-state index in [1.807, 2.05) is 0 Å². The zero-order chi connectivity index (χ0) is 16.5. The van der Waals surface area contributed by atoms with Gasteiger partial charge in [0.15, 0.2) is 5.82 Å². The summed E-state index contributed by atoms with van der Waals surface area (Å²) in [5.41, 5.74) is -0.0107. The van der Waals surface area contributed by atoms with E-state index in [-0.39, 0.29) is 16.5 Å². The zero-order valence-corrected chi connectivity index (χ0v) is 13.2. The highest BCUT2D eigenvalue weighted by Crippen LogP contribution is 2.29. The van der Waals surface area contributed by atoms with E-state index >= 15 is 0 Å². The normalized spacial score (nSPS) is 11.3. The molecule has 0 atom stereocenters. The molecule has 0 fully saturated rings. The number of halogens is 2. The Labute approximate surface area is 131 Å². The van der Waals surface area contributed by atoms with Crippen LogP contribution >= 0.6 is 11.6 Å². The number of aromatic nitrogens is 2. The van der Waals surface area contributed by atoms with E-state index in [0.717, 1.165) is 12.1 Å². The van der Waals surface area contributed by atoms with E-state index in [0.29, 0.717) is 0 Å². The van der Waals surface area contributed by atoms with Crippen molar-refractivity contribution in [3.05, 3.63) is 35.2 Å². The van der Waals surface area contributed by atoms with Crippen LogP contribution in [0.1, 0.15) is 6.92 Å². The molecular weight excluding hydrogens is 335 g/mol. The number of rotatable bonds is 4. The minimum Gasteiger partial charge on any atom is -0.325 e. The van der Waals surface area contributed by atoms with Gasteiger partial charge in [0.1, 0.15) is 10.7 Å². The van der Waals surface area contributed by atoms with Gasteiger partial charge in [0.2, 0.25) is 5.91 Å². The molecule has 2 N–H and O–H groups in total. The molecule has 0 radical (unpaired) electrons. The van der Waals surface area contributed by atoms with Gasteiger partial charge >= 0.3 is 0 Å². The van der Waals surface area contributed by atoms with Crippen molar-refractivity contribution in [1.29, 1.82) is 0 Å². The number of anilines is 2. The standard InChI is InChI=1S/C12H12ClFN4O3S/c1-7(19)15-10-6-9(14)11(5-8(10)13)22(20,21)17-12-3-4-18(2)16-12/h3-6H,1-2H3,(H,15,19)(H,16,17). The monoisotopic (exact) mass is 346 g/mol. The Morgan fingerprint density at radius 2 is 2.09 bits per heavy atom. The second-order valence-electron chi connectivity index (χ2n) is 4.42. The second-order valence-corrected chi connectivity index (χ2v) is 6.48. The average Bonchev–Trinajstić information content (AvgIpc) is 2.77. The van der Waals surface area contributed by atoms with E-state index in [1.165, 1.54) is 23.9 Å². The van der Waals surface area contributed by atoms with Crippen molar-refractivity contribution in [1.82, 2.24) is 9.78 Å². The number of nitrogens with zero attached hydrogens (tertiary/aromatic N) is 2. The molecule has 1 aromatic carbocycles. The van der Waals surface area contributed by atoms with E-state index in [4.69, 9.17) is 11.6 Å². The number of hydrogen-bond acceptors (Lipinski definition) is 4. The number of aryl methyl sites for hydroxylation is 1. The average molecular weight is 347 g/mol. The lowest BCUT2D eigenvalue weighted by Crippen LogP contribution is -2.16. The van der Waals surface area contributed by atoms with Gasteiger partial charge < -0.3 is 5.32 Å². The van der Waals surface area contributed by atoms with E-state index in [2.05, 4.69) is 15.1 Å². The summed E-state index contributed by atoms with van der Waals surface area (Å²) in [6.45, 7) is 1.22. The lowest BCUT2D eigenvalue weighted by Gasteiger charge is -2.10. The van der Waals surface area contributed by atoms with Crippen LogP contribution < -0.4 is 10.0 Å². The molecule has 1 aromatic heterocycles. The van der Waals surface area contributed by atoms with E-state index < -0.39 is 26.6 Å². The zero-order valence-electron chi connectivity index (χ0n) is 11.6. The highest BCUT2D eigenvalue weighted by Gasteiger charge is 2.22. The van der Waals surface area contributed by atoms with Crippen molar-refractivity contribution in [2.45, 2.75) is 11.8 Å². The van der Waals surface area contributed by atoms with Crippen LogP contribution in [0.15, 0.2) is 29.3 Å². The van der Waals surface area contributed by atoms with E-state index in [9.17, 15) is 17.6 Å². The highest BCUT2D eigenvalue weighted by molar-refractivity contribution is 7.92. The number of hydrogen-bond donors (Lipinski definition) is 2. The van der Waals surface area contributed by atoms with Crippen molar-refractivity contribution in [2.75, 3.05) is 10.0 Å². The second kappa shape index (κ2) is 5.93. The molecule has 1 heterocycles. The summed E-state index contributed by atoms with van der Waals surface area (Å²) in [5, 5.41) is 6.05. The quantitative estimate of drug-likeness (QED) is 0.885. The summed E-state index contributed by atoms with van der Waals surface area (Å²) in [6.07, 6.45) is 1.53. The van der Waals surface area contributed by atoms with Crippen molar-refractivity contribution in [3.63, 3.8) is 0 Å². The first kappa shape index (κ1) is 16.2. The first-order valence-electron chi connectivity index (χ1n) is 5.98. The van der Waals surface area contributed by atoms with Gasteiger partial charge in [-0.05, 0) is 6.07 Å². The van der Waals surface area contributed by atoms with Gasteiger partial charge in [-0.15, -0.1) is 0 Å². The Hall–Kier alpha value is -2.13. The largest absolute Gasteiger partial charge is 0.325 e. The summed E-state index contributed by atoms with van der Waals surface area (Å²) in [7, 11) is -2.59. The Morgan fingerprint density at radius 1 is 1.41 bits per heavy atom. The van der Waals surface area contributed by atoms with Gasteiger partial charge in [0.25, 0.3) is 10.0 Å². The van der Waals surface area contributed by atoms with Gasteiger partial charge in [-0.25, -0.2) is 12.8 Å². The van der Waals surface area contributed by atoms with Gasteiger partial charge in [0.05, 0.1) is 10.7 Å². The topological polar surface area (TPSA) is 93.1 Å². The smallest absolute Gasteiger partial charge is 0.266 e. The molecule has 2 aromatic rings. The van der Waals surface area contributed by atoms with Crippen molar-refractivity contribution in [3.8, 4) is 0 Å². The summed E-state index contributed by atoms with van der Waals surface area (Å²) < 4.78 is 41.9. The number of carbonyl (C=O) groups is 1. The van der Waals surface area contributed by atoms with Gasteiger partial charge in [-0.2, -0.15) is 5.10 Å². The maximum atomic E-state index is 14.0.